The van der Waals surface area contributed by atoms with Crippen molar-refractivity contribution in [2.24, 2.45) is 5.92 Å². The lowest BCUT2D eigenvalue weighted by molar-refractivity contribution is -0.137. The Morgan fingerprint density at radius 3 is 2.41 bits per heavy atom. The fraction of sp³-hybridized carbons (Fsp3) is 0.467. The van der Waals surface area contributed by atoms with E-state index in [0.29, 0.717) is 47.2 Å². The molecule has 4 rings (SSSR count). The quantitative estimate of drug-likeness (QED) is 0.253. The molecule has 0 bridgehead atoms. The molecule has 8 nitrogen and oxygen atoms in total. The molecule has 0 saturated heterocycles. The van der Waals surface area contributed by atoms with E-state index in [1.807, 2.05) is 12.1 Å². The molecular formula is C30H34F3N3O5. The largest absolute Gasteiger partial charge is 0.496 e. The van der Waals surface area contributed by atoms with E-state index in [-0.39, 0.29) is 29.8 Å². The predicted octanol–water partition coefficient (Wildman–Crippen LogP) is 6.45. The van der Waals surface area contributed by atoms with Crippen LogP contribution in [0.2, 0.25) is 0 Å². The van der Waals surface area contributed by atoms with Gasteiger partial charge in [0.25, 0.3) is 0 Å². The molecule has 0 spiro atoms. The molecule has 0 radical (unpaired) electrons. The lowest BCUT2D eigenvalue weighted by Gasteiger charge is -2.29. The van der Waals surface area contributed by atoms with Gasteiger partial charge in [-0.1, -0.05) is 0 Å². The Kier molecular flexibility index (Phi) is 9.16. The maximum Gasteiger partial charge on any atom is 0.416 e. The standard InChI is InChI=1S/C30H34F3N3O5/c1-16(20-11-21(29(39)40)13-22(12-20)30(31,32)33)34-28-24-14-23(27(41-3)15-25(24)35-17(2)36-28)18-6-8-19(9-7-18)26(38)5-4-10-37/h11-16,18-19,37H,4-10H2,1-3H3,(H,39,40)(H,34,35,36)/t16-,18?,19?/m1/s1. The number of Topliss-reactive ketones (excluding diaryl/α,β-unsaturated/α-hetero) is 1. The number of anilines is 1. The van der Waals surface area contributed by atoms with Crippen LogP contribution in [0.1, 0.15) is 90.3 Å². The van der Waals surface area contributed by atoms with Crippen molar-refractivity contribution in [3.8, 4) is 5.75 Å². The zero-order chi connectivity index (χ0) is 29.9. The van der Waals surface area contributed by atoms with Crippen molar-refractivity contribution in [3.63, 3.8) is 0 Å². The maximum absolute atomic E-state index is 13.5. The van der Waals surface area contributed by atoms with Gasteiger partial charge in [0.15, 0.2) is 0 Å². The van der Waals surface area contributed by atoms with Crippen LogP contribution >= 0.6 is 0 Å². The van der Waals surface area contributed by atoms with Crippen molar-refractivity contribution in [1.82, 2.24) is 9.97 Å². The number of alkyl halides is 3. The number of halogens is 3. The van der Waals surface area contributed by atoms with Crippen molar-refractivity contribution in [3.05, 3.63) is 58.4 Å². The number of carbonyl (C=O) groups is 2. The van der Waals surface area contributed by atoms with Gasteiger partial charge in [-0.15, -0.1) is 0 Å². The third kappa shape index (κ3) is 6.95. The lowest BCUT2D eigenvalue weighted by atomic mass is 9.76. The van der Waals surface area contributed by atoms with E-state index >= 15 is 0 Å². The Balaban J connectivity index is 1.66. The number of rotatable bonds is 10. The Bertz CT molecular complexity index is 1440. The predicted molar refractivity (Wildman–Crippen MR) is 147 cm³/mol. The average Bonchev–Trinajstić information content (AvgIpc) is 2.94. The second-order valence-corrected chi connectivity index (χ2v) is 10.6. The Morgan fingerprint density at radius 2 is 1.80 bits per heavy atom. The lowest BCUT2D eigenvalue weighted by Crippen LogP contribution is -2.21. The molecule has 1 heterocycles. The molecule has 0 aliphatic heterocycles. The topological polar surface area (TPSA) is 122 Å². The minimum absolute atomic E-state index is 0.000387. The first-order chi connectivity index (χ1) is 19.4. The summed E-state index contributed by atoms with van der Waals surface area (Å²) >= 11 is 0. The summed E-state index contributed by atoms with van der Waals surface area (Å²) in [7, 11) is 1.58. The zero-order valence-electron chi connectivity index (χ0n) is 23.2. The number of methoxy groups -OCH3 is 1. The van der Waals surface area contributed by atoms with Crippen molar-refractivity contribution in [2.75, 3.05) is 19.0 Å². The van der Waals surface area contributed by atoms with Gasteiger partial charge in [-0.3, -0.25) is 4.79 Å². The van der Waals surface area contributed by atoms with Crippen LogP contribution in [0.15, 0.2) is 30.3 Å². The monoisotopic (exact) mass is 573 g/mol. The number of hydrogen-bond acceptors (Lipinski definition) is 7. The number of ether oxygens (including phenoxy) is 1. The van der Waals surface area contributed by atoms with Crippen molar-refractivity contribution in [1.29, 1.82) is 0 Å². The molecule has 1 aliphatic rings. The molecule has 220 valence electrons. The van der Waals surface area contributed by atoms with Crippen LogP contribution in [-0.2, 0) is 11.0 Å². The number of hydrogen-bond donors (Lipinski definition) is 3. The summed E-state index contributed by atoms with van der Waals surface area (Å²) in [5.41, 5.74) is 0.194. The highest BCUT2D eigenvalue weighted by Gasteiger charge is 2.33. The van der Waals surface area contributed by atoms with Gasteiger partial charge in [0, 0.05) is 30.4 Å². The summed E-state index contributed by atoms with van der Waals surface area (Å²) in [5, 5.41) is 22.3. The number of aromatic nitrogens is 2. The number of ketones is 1. The van der Waals surface area contributed by atoms with Gasteiger partial charge in [-0.2, -0.15) is 13.2 Å². The Morgan fingerprint density at radius 1 is 1.10 bits per heavy atom. The number of aliphatic hydroxyl groups excluding tert-OH is 1. The van der Waals surface area contributed by atoms with Gasteiger partial charge in [0.05, 0.1) is 29.8 Å². The highest BCUT2D eigenvalue weighted by atomic mass is 19.4. The molecule has 2 aromatic carbocycles. The van der Waals surface area contributed by atoms with E-state index in [4.69, 9.17) is 9.84 Å². The number of benzene rings is 2. The highest BCUT2D eigenvalue weighted by molar-refractivity contribution is 5.91. The number of fused-ring (bicyclic) bond motifs is 1. The van der Waals surface area contributed by atoms with Crippen LogP contribution in [0, 0.1) is 12.8 Å². The highest BCUT2D eigenvalue weighted by Crippen LogP contribution is 2.42. The third-order valence-corrected chi connectivity index (χ3v) is 7.75. The molecule has 0 unspecified atom stereocenters. The van der Waals surface area contributed by atoms with Crippen LogP contribution in [0.3, 0.4) is 0 Å². The summed E-state index contributed by atoms with van der Waals surface area (Å²) in [5.74, 6) is 0.363. The fourth-order valence-corrected chi connectivity index (χ4v) is 5.56. The molecule has 1 aromatic heterocycles. The average molecular weight is 574 g/mol. The van der Waals surface area contributed by atoms with E-state index in [9.17, 15) is 27.9 Å². The molecule has 0 amide bonds. The van der Waals surface area contributed by atoms with Crippen molar-refractivity contribution < 1.29 is 37.7 Å². The summed E-state index contributed by atoms with van der Waals surface area (Å²) in [6.07, 6.45) is -0.797. The molecule has 41 heavy (non-hydrogen) atoms. The van der Waals surface area contributed by atoms with E-state index in [0.717, 1.165) is 37.3 Å². The third-order valence-electron chi connectivity index (χ3n) is 7.75. The van der Waals surface area contributed by atoms with Crippen LogP contribution < -0.4 is 10.1 Å². The number of carboxylic acid groups (broad SMARTS) is 1. The first-order valence-electron chi connectivity index (χ1n) is 13.6. The molecule has 11 heteroatoms. The van der Waals surface area contributed by atoms with Crippen molar-refractivity contribution >= 4 is 28.5 Å². The molecule has 3 N–H and O–H groups in total. The minimum Gasteiger partial charge on any atom is -0.496 e. The number of aromatic carboxylic acids is 1. The number of carboxylic acids is 1. The maximum atomic E-state index is 13.5. The molecule has 1 aliphatic carbocycles. The van der Waals surface area contributed by atoms with Crippen LogP contribution in [0.5, 0.6) is 5.75 Å². The van der Waals surface area contributed by atoms with Crippen LogP contribution in [0.25, 0.3) is 10.9 Å². The number of aryl methyl sites for hydroxylation is 1. The second-order valence-electron chi connectivity index (χ2n) is 10.6. The Labute approximate surface area is 236 Å². The first kappa shape index (κ1) is 30.2. The number of nitrogens with one attached hydrogen (secondary N) is 1. The van der Waals surface area contributed by atoms with Gasteiger partial charge in [-0.25, -0.2) is 14.8 Å². The van der Waals surface area contributed by atoms with E-state index in [2.05, 4.69) is 15.3 Å². The first-order valence-corrected chi connectivity index (χ1v) is 13.6. The summed E-state index contributed by atoms with van der Waals surface area (Å²) in [6.45, 7) is 3.35. The van der Waals surface area contributed by atoms with Gasteiger partial charge < -0.3 is 20.3 Å². The second kappa shape index (κ2) is 12.4. The number of aliphatic hydroxyl groups is 1. The molecule has 1 fully saturated rings. The Hall–Kier alpha value is -3.73. The van der Waals surface area contributed by atoms with Gasteiger partial charge in [0.2, 0.25) is 0 Å². The normalized spacial score (nSPS) is 18.2. The SMILES string of the molecule is COc1cc2nc(C)nc(N[C@H](C)c3cc(C(=O)O)cc(C(F)(F)F)c3)c2cc1C1CCC(C(=O)CCCO)CC1. The van der Waals surface area contributed by atoms with E-state index < -0.39 is 29.3 Å². The smallest absolute Gasteiger partial charge is 0.416 e. The van der Waals surface area contributed by atoms with Crippen LogP contribution in [-0.4, -0.2) is 45.7 Å². The summed E-state index contributed by atoms with van der Waals surface area (Å²) in [4.78, 5) is 33.1. The minimum atomic E-state index is -4.70. The van der Waals surface area contributed by atoms with Crippen molar-refractivity contribution in [2.45, 2.75) is 70.5 Å². The van der Waals surface area contributed by atoms with Gasteiger partial charge >= 0.3 is 12.1 Å². The molecule has 1 saturated carbocycles. The van der Waals surface area contributed by atoms with E-state index in [1.165, 1.54) is 6.07 Å². The zero-order valence-corrected chi connectivity index (χ0v) is 23.2. The van der Waals surface area contributed by atoms with E-state index in [1.54, 1.807) is 21.0 Å². The fourth-order valence-electron chi connectivity index (χ4n) is 5.56. The summed E-state index contributed by atoms with van der Waals surface area (Å²) in [6, 6.07) is 5.83. The van der Waals surface area contributed by atoms with Crippen LogP contribution in [0.4, 0.5) is 19.0 Å². The molecule has 3 aromatic rings. The molecular weight excluding hydrogens is 539 g/mol. The number of nitrogens with zero attached hydrogens (tertiary/aromatic N) is 2. The van der Waals surface area contributed by atoms with Gasteiger partial charge in [0.1, 0.15) is 23.2 Å². The summed E-state index contributed by atoms with van der Waals surface area (Å²) < 4.78 is 46.2. The van der Waals surface area contributed by atoms with Gasteiger partial charge in [-0.05, 0) is 87.3 Å². The molecule has 1 atom stereocenters. The number of carbonyl (C=O) groups excluding carboxylic acids is 1.